The van der Waals surface area contributed by atoms with Crippen LogP contribution in [-0.2, 0) is 0 Å². The Hall–Kier alpha value is -0.0800. The van der Waals surface area contributed by atoms with Gasteiger partial charge in [0, 0.05) is 6.54 Å². The van der Waals surface area contributed by atoms with Crippen LogP contribution in [0, 0.1) is 11.3 Å². The van der Waals surface area contributed by atoms with Gasteiger partial charge in [0.05, 0.1) is 0 Å². The third-order valence-corrected chi connectivity index (χ3v) is 4.84. The molecule has 92 valence electrons. The summed E-state index contributed by atoms with van der Waals surface area (Å²) < 4.78 is 0. The molecule has 0 unspecified atom stereocenters. The van der Waals surface area contributed by atoms with E-state index in [1.54, 1.807) is 0 Å². The summed E-state index contributed by atoms with van der Waals surface area (Å²) >= 11 is 0. The minimum Gasteiger partial charge on any atom is -0.317 e. The van der Waals surface area contributed by atoms with E-state index < -0.39 is 0 Å². The minimum absolute atomic E-state index is 0.691. The largest absolute Gasteiger partial charge is 0.317 e. The fourth-order valence-corrected chi connectivity index (χ4v) is 3.73. The molecule has 1 aliphatic carbocycles. The van der Waals surface area contributed by atoms with E-state index in [0.29, 0.717) is 5.41 Å². The Labute approximate surface area is 99.8 Å². The van der Waals surface area contributed by atoms with Crippen LogP contribution in [0.5, 0.6) is 0 Å². The third-order valence-electron chi connectivity index (χ3n) is 4.84. The predicted molar refractivity (Wildman–Crippen MR) is 67.6 cm³/mol. The van der Waals surface area contributed by atoms with Gasteiger partial charge >= 0.3 is 0 Å². The first kappa shape index (κ1) is 11.0. The normalized spacial score (nSPS) is 30.8. The van der Waals surface area contributed by atoms with Crippen molar-refractivity contribution in [3.05, 3.63) is 0 Å². The van der Waals surface area contributed by atoms with Gasteiger partial charge in [-0.1, -0.05) is 12.8 Å². The lowest BCUT2D eigenvalue weighted by Gasteiger charge is -2.41. The third kappa shape index (κ3) is 2.60. The topological polar surface area (TPSA) is 15.3 Å². The number of likely N-dealkylation sites (tertiary alicyclic amines) is 1. The molecule has 0 bridgehead atoms. The van der Waals surface area contributed by atoms with Gasteiger partial charge in [-0.25, -0.2) is 0 Å². The Morgan fingerprint density at radius 1 is 1.06 bits per heavy atom. The van der Waals surface area contributed by atoms with Gasteiger partial charge < -0.3 is 10.2 Å². The zero-order valence-electron chi connectivity index (χ0n) is 10.5. The molecule has 2 heterocycles. The average Bonchev–Trinajstić information content (AvgIpc) is 2.94. The SMILES string of the molecule is C1CCN(CC2(CC3CC3)CCNCC2)C1. The zero-order chi connectivity index (χ0) is 10.8. The van der Waals surface area contributed by atoms with E-state index in [4.69, 9.17) is 0 Å². The highest BCUT2D eigenvalue weighted by atomic mass is 15.1. The second-order valence-corrected chi connectivity index (χ2v) is 6.38. The molecule has 3 aliphatic rings. The summed E-state index contributed by atoms with van der Waals surface area (Å²) in [4.78, 5) is 2.74. The zero-order valence-corrected chi connectivity index (χ0v) is 10.5. The molecule has 1 N–H and O–H groups in total. The maximum absolute atomic E-state index is 3.54. The van der Waals surface area contributed by atoms with Crippen LogP contribution in [-0.4, -0.2) is 37.6 Å². The van der Waals surface area contributed by atoms with Crippen LogP contribution in [0.3, 0.4) is 0 Å². The van der Waals surface area contributed by atoms with Gasteiger partial charge in [-0.15, -0.1) is 0 Å². The molecule has 2 nitrogen and oxygen atoms in total. The first-order valence-electron chi connectivity index (χ1n) is 7.29. The van der Waals surface area contributed by atoms with Crippen LogP contribution in [0.25, 0.3) is 0 Å². The number of rotatable bonds is 4. The summed E-state index contributed by atoms with van der Waals surface area (Å²) in [5, 5.41) is 3.54. The van der Waals surface area contributed by atoms with Gasteiger partial charge in [-0.2, -0.15) is 0 Å². The molecule has 2 aliphatic heterocycles. The lowest BCUT2D eigenvalue weighted by atomic mass is 9.74. The van der Waals surface area contributed by atoms with Crippen LogP contribution >= 0.6 is 0 Å². The lowest BCUT2D eigenvalue weighted by molar-refractivity contribution is 0.110. The van der Waals surface area contributed by atoms with Crippen molar-refractivity contribution in [1.29, 1.82) is 0 Å². The predicted octanol–water partition coefficient (Wildman–Crippen LogP) is 2.25. The van der Waals surface area contributed by atoms with Crippen molar-refractivity contribution in [3.63, 3.8) is 0 Å². The molecule has 1 saturated carbocycles. The van der Waals surface area contributed by atoms with Crippen molar-refractivity contribution in [2.75, 3.05) is 32.7 Å². The monoisotopic (exact) mass is 222 g/mol. The summed E-state index contributed by atoms with van der Waals surface area (Å²) in [5.41, 5.74) is 0.691. The molecule has 0 aromatic rings. The van der Waals surface area contributed by atoms with Crippen molar-refractivity contribution in [1.82, 2.24) is 10.2 Å². The van der Waals surface area contributed by atoms with E-state index in [0.717, 1.165) is 5.92 Å². The summed E-state index contributed by atoms with van der Waals surface area (Å²) in [5.74, 6) is 1.10. The Morgan fingerprint density at radius 3 is 2.38 bits per heavy atom. The van der Waals surface area contributed by atoms with E-state index in [2.05, 4.69) is 10.2 Å². The number of nitrogens with one attached hydrogen (secondary N) is 1. The second-order valence-electron chi connectivity index (χ2n) is 6.38. The molecule has 0 amide bonds. The highest BCUT2D eigenvalue weighted by Crippen LogP contribution is 2.45. The van der Waals surface area contributed by atoms with Crippen molar-refractivity contribution >= 4 is 0 Å². The van der Waals surface area contributed by atoms with Crippen molar-refractivity contribution in [2.45, 2.75) is 44.9 Å². The van der Waals surface area contributed by atoms with Crippen LogP contribution in [0.15, 0.2) is 0 Å². The summed E-state index contributed by atoms with van der Waals surface area (Å²) in [6.45, 7) is 6.69. The molecule has 0 radical (unpaired) electrons. The fourth-order valence-electron chi connectivity index (χ4n) is 3.73. The van der Waals surface area contributed by atoms with Gasteiger partial charge in [-0.05, 0) is 69.6 Å². The number of hydrogen-bond donors (Lipinski definition) is 1. The van der Waals surface area contributed by atoms with E-state index >= 15 is 0 Å². The first-order chi connectivity index (χ1) is 7.86. The highest BCUT2D eigenvalue weighted by Gasteiger charge is 2.39. The fraction of sp³-hybridized carbons (Fsp3) is 1.00. The highest BCUT2D eigenvalue weighted by molar-refractivity contribution is 4.92. The summed E-state index contributed by atoms with van der Waals surface area (Å²) in [6, 6.07) is 0. The van der Waals surface area contributed by atoms with E-state index in [9.17, 15) is 0 Å². The van der Waals surface area contributed by atoms with Crippen LogP contribution in [0.2, 0.25) is 0 Å². The molecular formula is C14H26N2. The van der Waals surface area contributed by atoms with Crippen molar-refractivity contribution < 1.29 is 0 Å². The van der Waals surface area contributed by atoms with E-state index in [1.807, 2.05) is 0 Å². The van der Waals surface area contributed by atoms with Gasteiger partial charge in [0.1, 0.15) is 0 Å². The standard InChI is InChI=1S/C14H26N2/c1-2-10-16(9-1)12-14(11-13-3-4-13)5-7-15-8-6-14/h13,15H,1-12H2. The van der Waals surface area contributed by atoms with Crippen molar-refractivity contribution in [3.8, 4) is 0 Å². The molecule has 16 heavy (non-hydrogen) atoms. The smallest absolute Gasteiger partial charge is 0.00390 e. The quantitative estimate of drug-likeness (QED) is 0.785. The van der Waals surface area contributed by atoms with Gasteiger partial charge in [0.15, 0.2) is 0 Å². The molecular weight excluding hydrogens is 196 g/mol. The first-order valence-corrected chi connectivity index (χ1v) is 7.29. The molecule has 0 aromatic heterocycles. The van der Waals surface area contributed by atoms with Gasteiger partial charge in [0.2, 0.25) is 0 Å². The van der Waals surface area contributed by atoms with Gasteiger partial charge in [0.25, 0.3) is 0 Å². The molecule has 2 saturated heterocycles. The van der Waals surface area contributed by atoms with Gasteiger partial charge in [-0.3, -0.25) is 0 Å². The maximum Gasteiger partial charge on any atom is 0.00390 e. The summed E-state index contributed by atoms with van der Waals surface area (Å²) in [6.07, 6.45) is 10.3. The molecule has 3 rings (SSSR count). The molecule has 3 fully saturated rings. The Kier molecular flexibility index (Phi) is 3.21. The Bertz CT molecular complexity index is 223. The van der Waals surface area contributed by atoms with Crippen LogP contribution < -0.4 is 5.32 Å². The Morgan fingerprint density at radius 2 is 1.75 bits per heavy atom. The molecule has 2 heteroatoms. The maximum atomic E-state index is 3.54. The average molecular weight is 222 g/mol. The second kappa shape index (κ2) is 4.66. The lowest BCUT2D eigenvalue weighted by Crippen LogP contribution is -2.44. The van der Waals surface area contributed by atoms with Crippen molar-refractivity contribution in [2.24, 2.45) is 11.3 Å². The number of nitrogens with zero attached hydrogens (tertiary/aromatic N) is 1. The number of piperidine rings is 1. The molecule has 0 aromatic carbocycles. The minimum atomic E-state index is 0.691. The molecule has 0 atom stereocenters. The van der Waals surface area contributed by atoms with E-state index in [-0.39, 0.29) is 0 Å². The summed E-state index contributed by atoms with van der Waals surface area (Å²) in [7, 11) is 0. The molecule has 0 spiro atoms. The Balaban J connectivity index is 1.61. The van der Waals surface area contributed by atoms with Crippen LogP contribution in [0.1, 0.15) is 44.9 Å². The number of hydrogen-bond acceptors (Lipinski definition) is 2. The van der Waals surface area contributed by atoms with Crippen LogP contribution in [0.4, 0.5) is 0 Å². The van der Waals surface area contributed by atoms with E-state index in [1.165, 1.54) is 77.7 Å².